The van der Waals surface area contributed by atoms with E-state index in [4.69, 9.17) is 4.74 Å². The Hall–Kier alpha value is -1.26. The Bertz CT molecular complexity index is 648. The molecule has 2 amide bonds. The number of carbonyl (C=O) groups is 2. The van der Waals surface area contributed by atoms with Crippen molar-refractivity contribution < 1.29 is 14.3 Å². The molecule has 0 bridgehead atoms. The number of nitrogens with one attached hydrogen (secondary N) is 2. The first-order valence-corrected chi connectivity index (χ1v) is 10.9. The Balaban J connectivity index is 2.12. The molecule has 0 aromatic carbocycles. The summed E-state index contributed by atoms with van der Waals surface area (Å²) in [7, 11) is 0. The molecule has 1 aliphatic rings. The third kappa shape index (κ3) is 5.61. The van der Waals surface area contributed by atoms with E-state index in [0.29, 0.717) is 30.1 Å². The van der Waals surface area contributed by atoms with Crippen molar-refractivity contribution in [2.24, 2.45) is 0 Å². The third-order valence-corrected chi connectivity index (χ3v) is 6.73. The van der Waals surface area contributed by atoms with Gasteiger partial charge in [0, 0.05) is 17.2 Å². The first kappa shape index (κ1) is 20.1. The molecule has 138 valence electrons. The van der Waals surface area contributed by atoms with E-state index in [9.17, 15) is 9.59 Å². The van der Waals surface area contributed by atoms with Crippen LogP contribution < -0.4 is 10.6 Å². The lowest BCUT2D eigenvalue weighted by Crippen LogP contribution is -2.50. The number of carbonyl (C=O) groups excluding carboxylic acids is 2. The fraction of sp³-hybridized carbons (Fsp3) is 0.600. The summed E-state index contributed by atoms with van der Waals surface area (Å²) >= 11 is 4.67. The molecule has 2 heterocycles. The monoisotopic (exact) mass is 402 g/mol. The Morgan fingerprint density at radius 3 is 2.60 bits per heavy atom. The molecule has 1 atom stereocenters. The molecule has 2 rings (SSSR count). The van der Waals surface area contributed by atoms with Crippen LogP contribution >= 0.6 is 34.9 Å². The minimum absolute atomic E-state index is 0.293. The van der Waals surface area contributed by atoms with Gasteiger partial charge in [-0.1, -0.05) is 48.7 Å². The SMILES string of the molecule is CCCSc1nnc(SCC2=C(C(=O)OCC)C(CC)NC(=O)N2)s1. The molecule has 7 nitrogen and oxygen atoms in total. The second kappa shape index (κ2) is 10.0. The fourth-order valence-electron chi connectivity index (χ4n) is 2.21. The molecule has 0 saturated carbocycles. The predicted octanol–water partition coefficient (Wildman–Crippen LogP) is 3.04. The van der Waals surface area contributed by atoms with Crippen LogP contribution in [0.3, 0.4) is 0 Å². The summed E-state index contributed by atoms with van der Waals surface area (Å²) in [4.78, 5) is 24.2. The van der Waals surface area contributed by atoms with E-state index in [1.807, 2.05) is 6.92 Å². The van der Waals surface area contributed by atoms with E-state index in [1.54, 1.807) is 18.7 Å². The topological polar surface area (TPSA) is 93.2 Å². The normalized spacial score (nSPS) is 17.2. The van der Waals surface area contributed by atoms with Crippen molar-refractivity contribution in [2.45, 2.75) is 48.3 Å². The zero-order valence-electron chi connectivity index (χ0n) is 14.5. The van der Waals surface area contributed by atoms with E-state index in [-0.39, 0.29) is 12.1 Å². The van der Waals surface area contributed by atoms with E-state index in [0.717, 1.165) is 20.9 Å². The molecule has 0 fully saturated rings. The Labute approximate surface area is 159 Å². The maximum absolute atomic E-state index is 12.3. The average Bonchev–Trinajstić information content (AvgIpc) is 3.05. The van der Waals surface area contributed by atoms with Gasteiger partial charge in [-0.05, 0) is 19.8 Å². The molecule has 0 spiro atoms. The van der Waals surface area contributed by atoms with E-state index >= 15 is 0 Å². The van der Waals surface area contributed by atoms with Crippen molar-refractivity contribution >= 4 is 46.9 Å². The van der Waals surface area contributed by atoms with Crippen LogP contribution in [0, 0.1) is 0 Å². The number of amides is 2. The Morgan fingerprint density at radius 2 is 1.96 bits per heavy atom. The number of thioether (sulfide) groups is 2. The summed E-state index contributed by atoms with van der Waals surface area (Å²) < 4.78 is 6.90. The van der Waals surface area contributed by atoms with E-state index < -0.39 is 5.97 Å². The average molecular weight is 403 g/mol. The molecule has 1 unspecified atom stereocenters. The summed E-state index contributed by atoms with van der Waals surface area (Å²) in [5.41, 5.74) is 1.07. The molecule has 10 heteroatoms. The standard InChI is InChI=1S/C15H22N4O3S3/c1-4-7-23-14-18-19-15(25-14)24-8-10-11(12(20)22-6-3)9(5-2)16-13(21)17-10/h9H,4-8H2,1-3H3,(H2,16,17,21). The van der Waals surface area contributed by atoms with Crippen molar-refractivity contribution in [1.82, 2.24) is 20.8 Å². The fourth-order valence-corrected chi connectivity index (χ4v) is 5.13. The lowest BCUT2D eigenvalue weighted by Gasteiger charge is -2.28. The zero-order chi connectivity index (χ0) is 18.2. The van der Waals surface area contributed by atoms with Gasteiger partial charge in [0.25, 0.3) is 0 Å². The number of rotatable bonds is 9. The highest BCUT2D eigenvalue weighted by atomic mass is 32.2. The molecule has 1 aromatic rings. The minimum atomic E-state index is -0.395. The van der Waals surface area contributed by atoms with Crippen LogP contribution in [0.1, 0.15) is 33.6 Å². The molecule has 1 aliphatic heterocycles. The highest BCUT2D eigenvalue weighted by Crippen LogP contribution is 2.31. The van der Waals surface area contributed by atoms with Crippen molar-refractivity contribution in [3.05, 3.63) is 11.3 Å². The molecule has 0 radical (unpaired) electrons. The second-order valence-corrected chi connectivity index (χ2v) is 8.69. The van der Waals surface area contributed by atoms with Gasteiger partial charge in [-0.15, -0.1) is 10.2 Å². The predicted molar refractivity (Wildman–Crippen MR) is 101 cm³/mol. The van der Waals surface area contributed by atoms with Gasteiger partial charge < -0.3 is 15.4 Å². The Morgan fingerprint density at radius 1 is 1.24 bits per heavy atom. The molecule has 25 heavy (non-hydrogen) atoms. The largest absolute Gasteiger partial charge is 0.463 e. The molecule has 1 aromatic heterocycles. The summed E-state index contributed by atoms with van der Waals surface area (Å²) in [6.07, 6.45) is 1.70. The molecule has 0 saturated heterocycles. The van der Waals surface area contributed by atoms with E-state index in [2.05, 4.69) is 27.8 Å². The van der Waals surface area contributed by atoms with Gasteiger partial charge in [0.15, 0.2) is 8.68 Å². The molecule has 0 aliphatic carbocycles. The highest BCUT2D eigenvalue weighted by molar-refractivity contribution is 8.03. The van der Waals surface area contributed by atoms with Crippen LogP contribution in [0.15, 0.2) is 19.9 Å². The van der Waals surface area contributed by atoms with Gasteiger partial charge in [-0.3, -0.25) is 0 Å². The van der Waals surface area contributed by atoms with Crippen LogP contribution in [-0.4, -0.2) is 46.4 Å². The van der Waals surface area contributed by atoms with Crippen LogP contribution in [0.5, 0.6) is 0 Å². The third-order valence-electron chi connectivity index (χ3n) is 3.30. The van der Waals surface area contributed by atoms with Crippen molar-refractivity contribution in [3.8, 4) is 0 Å². The lowest BCUT2D eigenvalue weighted by atomic mass is 10.0. The van der Waals surface area contributed by atoms with Crippen LogP contribution in [0.4, 0.5) is 4.79 Å². The van der Waals surface area contributed by atoms with Crippen molar-refractivity contribution in [2.75, 3.05) is 18.1 Å². The maximum Gasteiger partial charge on any atom is 0.337 e. The first-order chi connectivity index (χ1) is 12.1. The molecular weight excluding hydrogens is 380 g/mol. The van der Waals surface area contributed by atoms with Crippen LogP contribution in [-0.2, 0) is 9.53 Å². The first-order valence-electron chi connectivity index (χ1n) is 8.15. The molecule has 2 N–H and O–H groups in total. The molecular formula is C15H22N4O3S3. The van der Waals surface area contributed by atoms with Crippen LogP contribution in [0.2, 0.25) is 0 Å². The van der Waals surface area contributed by atoms with Gasteiger partial charge in [-0.25, -0.2) is 9.59 Å². The number of urea groups is 1. The summed E-state index contributed by atoms with van der Waals surface area (Å²) in [6.45, 7) is 6.10. The number of hydrogen-bond acceptors (Lipinski definition) is 8. The van der Waals surface area contributed by atoms with Crippen LogP contribution in [0.25, 0.3) is 0 Å². The summed E-state index contributed by atoms with van der Waals surface area (Å²) in [5.74, 6) is 1.05. The lowest BCUT2D eigenvalue weighted by molar-refractivity contribution is -0.139. The van der Waals surface area contributed by atoms with Crippen molar-refractivity contribution in [1.29, 1.82) is 0 Å². The highest BCUT2D eigenvalue weighted by Gasteiger charge is 2.31. The smallest absolute Gasteiger partial charge is 0.337 e. The van der Waals surface area contributed by atoms with Crippen molar-refractivity contribution in [3.63, 3.8) is 0 Å². The summed E-state index contributed by atoms with van der Waals surface area (Å²) in [6, 6.07) is -0.638. The van der Waals surface area contributed by atoms with Gasteiger partial charge in [-0.2, -0.15) is 0 Å². The van der Waals surface area contributed by atoms with E-state index in [1.165, 1.54) is 23.1 Å². The van der Waals surface area contributed by atoms with Gasteiger partial charge in [0.1, 0.15) is 0 Å². The quantitative estimate of drug-likeness (QED) is 0.484. The summed E-state index contributed by atoms with van der Waals surface area (Å²) in [5, 5.41) is 13.8. The number of ether oxygens (including phenoxy) is 1. The minimum Gasteiger partial charge on any atom is -0.463 e. The second-order valence-electron chi connectivity index (χ2n) is 5.14. The number of aromatic nitrogens is 2. The van der Waals surface area contributed by atoms with Gasteiger partial charge in [0.05, 0.1) is 18.2 Å². The Kier molecular flexibility index (Phi) is 8.04. The number of esters is 1. The zero-order valence-corrected chi connectivity index (χ0v) is 16.9. The maximum atomic E-state index is 12.3. The number of nitrogens with zero attached hydrogens (tertiary/aromatic N) is 2. The van der Waals surface area contributed by atoms with Gasteiger partial charge >= 0.3 is 12.0 Å². The van der Waals surface area contributed by atoms with Gasteiger partial charge in [0.2, 0.25) is 0 Å². The number of hydrogen-bond donors (Lipinski definition) is 2.